The van der Waals surface area contributed by atoms with E-state index in [0.29, 0.717) is 6.42 Å². The van der Waals surface area contributed by atoms with Gasteiger partial charge in [-0.15, -0.1) is 0 Å². The van der Waals surface area contributed by atoms with Crippen molar-refractivity contribution < 1.29 is 19.4 Å². The predicted molar refractivity (Wildman–Crippen MR) is 94.2 cm³/mol. The summed E-state index contributed by atoms with van der Waals surface area (Å²) in [5.41, 5.74) is -1.60. The zero-order valence-corrected chi connectivity index (χ0v) is 16.1. The summed E-state index contributed by atoms with van der Waals surface area (Å²) in [5.74, 6) is -2.07. The number of ether oxygens (including phenoxy) is 1. The van der Waals surface area contributed by atoms with Gasteiger partial charge in [-0.1, -0.05) is 93.1 Å². The van der Waals surface area contributed by atoms with Gasteiger partial charge in [0.2, 0.25) is 3.79 Å². The van der Waals surface area contributed by atoms with E-state index in [1.54, 1.807) is 0 Å². The molecule has 0 fully saturated rings. The molecule has 0 heterocycles. The molecule has 0 aromatic rings. The van der Waals surface area contributed by atoms with Crippen LogP contribution in [0.15, 0.2) is 0 Å². The van der Waals surface area contributed by atoms with E-state index in [4.69, 9.17) is 39.5 Å². The Balaban J connectivity index is 4.18. The fraction of sp³-hybridized carbons (Fsp3) is 0.875. The molecule has 0 aliphatic heterocycles. The highest BCUT2D eigenvalue weighted by molar-refractivity contribution is 6.67. The fourth-order valence-corrected chi connectivity index (χ4v) is 2.38. The van der Waals surface area contributed by atoms with Gasteiger partial charge in [0, 0.05) is 0 Å². The second kappa shape index (κ2) is 11.4. The second-order valence-corrected chi connectivity index (χ2v) is 8.57. The molecule has 0 unspecified atom stereocenters. The molecule has 0 radical (unpaired) electrons. The number of hydrogen-bond acceptors (Lipinski definition) is 3. The normalized spacial score (nSPS) is 14.3. The third-order valence-corrected chi connectivity index (χ3v) is 4.15. The first-order valence-corrected chi connectivity index (χ1v) is 9.24. The summed E-state index contributed by atoms with van der Waals surface area (Å²) in [7, 11) is 0. The summed E-state index contributed by atoms with van der Waals surface area (Å²) in [6.07, 6.45) is 8.87. The first kappa shape index (κ1) is 22.8. The standard InChI is InChI=1S/C16H27Cl3O4/c1-3-4-5-6-7-8-9-10-11-15(2,13(20)21)14(22)23-12-16(17,18)19/h3-12H2,1-2H3,(H,20,21)/t15-/m1/s1. The van der Waals surface area contributed by atoms with Crippen molar-refractivity contribution in [2.24, 2.45) is 5.41 Å². The quantitative estimate of drug-likeness (QED) is 0.206. The van der Waals surface area contributed by atoms with Crippen LogP contribution in [0.4, 0.5) is 0 Å². The third kappa shape index (κ3) is 10.3. The van der Waals surface area contributed by atoms with Crippen LogP contribution in [0, 0.1) is 5.41 Å². The summed E-state index contributed by atoms with van der Waals surface area (Å²) in [6, 6.07) is 0. The second-order valence-electron chi connectivity index (χ2n) is 6.05. The van der Waals surface area contributed by atoms with Crippen LogP contribution in [0.25, 0.3) is 0 Å². The lowest BCUT2D eigenvalue weighted by Gasteiger charge is -2.23. The van der Waals surface area contributed by atoms with Crippen LogP contribution in [0.5, 0.6) is 0 Å². The summed E-state index contributed by atoms with van der Waals surface area (Å²) < 4.78 is 3.10. The number of carbonyl (C=O) groups excluding carboxylic acids is 1. The van der Waals surface area contributed by atoms with Crippen molar-refractivity contribution in [1.29, 1.82) is 0 Å². The Labute approximate surface area is 153 Å². The summed E-state index contributed by atoms with van der Waals surface area (Å²) in [6.45, 7) is 3.07. The Bertz CT molecular complexity index is 369. The lowest BCUT2D eigenvalue weighted by atomic mass is 9.84. The van der Waals surface area contributed by atoms with Gasteiger partial charge >= 0.3 is 11.9 Å². The number of unbranched alkanes of at least 4 members (excludes halogenated alkanes) is 7. The van der Waals surface area contributed by atoms with Gasteiger partial charge in [0.15, 0.2) is 5.41 Å². The highest BCUT2D eigenvalue weighted by Crippen LogP contribution is 2.30. The molecule has 0 rings (SSSR count). The molecule has 136 valence electrons. The minimum absolute atomic E-state index is 0.218. The SMILES string of the molecule is CCCCCCCCCC[C@](C)(C(=O)O)C(=O)OCC(Cl)(Cl)Cl. The number of carbonyl (C=O) groups is 2. The Kier molecular flexibility index (Phi) is 11.3. The smallest absolute Gasteiger partial charge is 0.323 e. The van der Waals surface area contributed by atoms with Crippen molar-refractivity contribution in [3.63, 3.8) is 0 Å². The number of carboxylic acid groups (broad SMARTS) is 1. The summed E-state index contributed by atoms with van der Waals surface area (Å²) in [4.78, 5) is 23.4. The number of hydrogen-bond donors (Lipinski definition) is 1. The fourth-order valence-electron chi connectivity index (χ4n) is 2.22. The van der Waals surface area contributed by atoms with Crippen molar-refractivity contribution in [3.8, 4) is 0 Å². The van der Waals surface area contributed by atoms with E-state index in [1.165, 1.54) is 32.6 Å². The van der Waals surface area contributed by atoms with Gasteiger partial charge in [0.1, 0.15) is 6.61 Å². The molecule has 0 aliphatic carbocycles. The number of alkyl halides is 3. The zero-order valence-electron chi connectivity index (χ0n) is 13.9. The molecule has 0 spiro atoms. The molecule has 7 heteroatoms. The largest absolute Gasteiger partial charge is 0.480 e. The molecule has 0 bridgehead atoms. The summed E-state index contributed by atoms with van der Waals surface area (Å²) in [5, 5.41) is 9.33. The molecule has 0 saturated carbocycles. The average molecular weight is 390 g/mol. The molecule has 1 atom stereocenters. The first-order chi connectivity index (χ1) is 10.6. The molecule has 4 nitrogen and oxygen atoms in total. The maximum atomic E-state index is 12.0. The molecule has 0 aromatic carbocycles. The van der Waals surface area contributed by atoms with E-state index in [-0.39, 0.29) is 6.42 Å². The number of halogens is 3. The van der Waals surface area contributed by atoms with Gasteiger partial charge in [-0.25, -0.2) is 0 Å². The Morgan fingerprint density at radius 3 is 1.87 bits per heavy atom. The van der Waals surface area contributed by atoms with Crippen LogP contribution >= 0.6 is 34.8 Å². The van der Waals surface area contributed by atoms with Crippen molar-refractivity contribution in [3.05, 3.63) is 0 Å². The Morgan fingerprint density at radius 2 is 1.43 bits per heavy atom. The lowest BCUT2D eigenvalue weighted by molar-refractivity contribution is -0.168. The number of esters is 1. The van der Waals surface area contributed by atoms with E-state index >= 15 is 0 Å². The lowest BCUT2D eigenvalue weighted by Crippen LogP contribution is -2.39. The monoisotopic (exact) mass is 388 g/mol. The van der Waals surface area contributed by atoms with Crippen molar-refractivity contribution in [1.82, 2.24) is 0 Å². The van der Waals surface area contributed by atoms with Crippen molar-refractivity contribution in [2.75, 3.05) is 6.61 Å². The van der Waals surface area contributed by atoms with Crippen molar-refractivity contribution in [2.45, 2.75) is 75.4 Å². The molecule has 0 amide bonds. The van der Waals surface area contributed by atoms with Gasteiger partial charge in [-0.2, -0.15) is 0 Å². The minimum atomic E-state index is -1.74. The van der Waals surface area contributed by atoms with Crippen LogP contribution < -0.4 is 0 Å². The highest BCUT2D eigenvalue weighted by Gasteiger charge is 2.43. The zero-order chi connectivity index (χ0) is 17.9. The van der Waals surface area contributed by atoms with Gasteiger partial charge in [-0.3, -0.25) is 9.59 Å². The van der Waals surface area contributed by atoms with Crippen LogP contribution in [-0.4, -0.2) is 27.4 Å². The van der Waals surface area contributed by atoms with E-state index in [9.17, 15) is 14.7 Å². The molecule has 1 N–H and O–H groups in total. The Hall–Kier alpha value is -0.190. The molecule has 23 heavy (non-hydrogen) atoms. The molecular weight excluding hydrogens is 363 g/mol. The average Bonchev–Trinajstić information content (AvgIpc) is 2.46. The van der Waals surface area contributed by atoms with E-state index < -0.39 is 27.8 Å². The molecule has 0 aromatic heterocycles. The molecule has 0 aliphatic rings. The van der Waals surface area contributed by atoms with Gasteiger partial charge in [-0.05, 0) is 13.3 Å². The molecule has 0 saturated heterocycles. The third-order valence-electron chi connectivity index (χ3n) is 3.82. The van der Waals surface area contributed by atoms with E-state index in [0.717, 1.165) is 19.3 Å². The number of carboxylic acids is 1. The number of rotatable bonds is 12. The first-order valence-electron chi connectivity index (χ1n) is 8.11. The maximum Gasteiger partial charge on any atom is 0.323 e. The van der Waals surface area contributed by atoms with Crippen LogP contribution in [0.2, 0.25) is 0 Å². The van der Waals surface area contributed by atoms with Crippen molar-refractivity contribution >= 4 is 46.7 Å². The van der Waals surface area contributed by atoms with Gasteiger partial charge in [0.05, 0.1) is 0 Å². The van der Waals surface area contributed by atoms with Crippen LogP contribution in [0.3, 0.4) is 0 Å². The van der Waals surface area contributed by atoms with E-state index in [1.807, 2.05) is 0 Å². The van der Waals surface area contributed by atoms with E-state index in [2.05, 4.69) is 6.92 Å². The topological polar surface area (TPSA) is 63.6 Å². The molecular formula is C16H27Cl3O4. The highest BCUT2D eigenvalue weighted by atomic mass is 35.6. The predicted octanol–water partition coefficient (Wildman–Crippen LogP) is 5.52. The van der Waals surface area contributed by atoms with Crippen LogP contribution in [-0.2, 0) is 14.3 Å². The Morgan fingerprint density at radius 1 is 0.957 bits per heavy atom. The van der Waals surface area contributed by atoms with Gasteiger partial charge in [0.25, 0.3) is 0 Å². The van der Waals surface area contributed by atoms with Crippen LogP contribution in [0.1, 0.15) is 71.6 Å². The minimum Gasteiger partial charge on any atom is -0.480 e. The van der Waals surface area contributed by atoms with Gasteiger partial charge < -0.3 is 9.84 Å². The summed E-state index contributed by atoms with van der Waals surface area (Å²) >= 11 is 16.5. The number of aliphatic carboxylic acids is 1. The maximum absolute atomic E-state index is 12.0.